The van der Waals surface area contributed by atoms with Crippen LogP contribution in [0.4, 0.5) is 5.69 Å². The van der Waals surface area contributed by atoms with Gasteiger partial charge in [-0.25, -0.2) is 0 Å². The molecule has 0 saturated heterocycles. The number of hydrogen-bond donors (Lipinski definition) is 1. The molecule has 4 rings (SSSR count). The summed E-state index contributed by atoms with van der Waals surface area (Å²) in [7, 11) is 0. The van der Waals surface area contributed by atoms with Gasteiger partial charge in [0.15, 0.2) is 10.9 Å². The lowest BCUT2D eigenvalue weighted by molar-refractivity contribution is -0.113. The van der Waals surface area contributed by atoms with Gasteiger partial charge in [0.2, 0.25) is 11.7 Å². The molecule has 0 bridgehead atoms. The summed E-state index contributed by atoms with van der Waals surface area (Å²) in [6, 6.07) is 13.2. The molecule has 0 spiro atoms. The Labute approximate surface area is 209 Å². The number of carbonyl (C=O) groups is 1. The van der Waals surface area contributed by atoms with Crippen LogP contribution in [0.15, 0.2) is 69.2 Å². The number of hydrogen-bond acceptors (Lipinski definition) is 5. The molecule has 6 nitrogen and oxygen atoms in total. The maximum absolute atomic E-state index is 12.7. The second kappa shape index (κ2) is 10.2. The summed E-state index contributed by atoms with van der Waals surface area (Å²) in [6.07, 6.45) is 1.76. The van der Waals surface area contributed by atoms with E-state index in [1.54, 1.807) is 12.1 Å². The van der Waals surface area contributed by atoms with E-state index in [4.69, 9.17) is 16.0 Å². The summed E-state index contributed by atoms with van der Waals surface area (Å²) >= 11 is 10.9. The Hall–Kier alpha value is -2.55. The summed E-state index contributed by atoms with van der Waals surface area (Å²) in [6.45, 7) is 8.50. The molecule has 33 heavy (non-hydrogen) atoms. The SMILES string of the molecule is C=CCn1c(SCC(=O)Nc2ccc(Br)cc2C(C)C)nnc1-c1cc2cc(Cl)ccc2o1. The monoisotopic (exact) mass is 544 g/mol. The van der Waals surface area contributed by atoms with Crippen LogP contribution in [0, 0.1) is 0 Å². The molecule has 0 atom stereocenters. The number of anilines is 1. The molecule has 1 amide bonds. The number of amides is 1. The first-order chi connectivity index (χ1) is 15.9. The van der Waals surface area contributed by atoms with Crippen molar-refractivity contribution in [1.82, 2.24) is 14.8 Å². The zero-order chi connectivity index (χ0) is 23.5. The van der Waals surface area contributed by atoms with E-state index in [0.717, 1.165) is 21.1 Å². The van der Waals surface area contributed by atoms with Crippen molar-refractivity contribution in [1.29, 1.82) is 0 Å². The fourth-order valence-corrected chi connectivity index (χ4v) is 4.74. The fraction of sp³-hybridized carbons (Fsp3) is 0.208. The van der Waals surface area contributed by atoms with Gasteiger partial charge >= 0.3 is 0 Å². The second-order valence-corrected chi connectivity index (χ2v) is 10.0. The van der Waals surface area contributed by atoms with Crippen LogP contribution in [-0.4, -0.2) is 26.4 Å². The highest BCUT2D eigenvalue weighted by Crippen LogP contribution is 2.31. The van der Waals surface area contributed by atoms with E-state index in [1.165, 1.54) is 11.8 Å². The molecule has 170 valence electrons. The molecule has 0 fully saturated rings. The standard InChI is InChI=1S/C24H22BrClN4O2S/c1-4-9-30-23(21-11-15-10-17(26)6-8-20(15)32-21)28-29-24(30)33-13-22(31)27-19-7-5-16(25)12-18(19)14(2)3/h4-8,10-12,14H,1,9,13H2,2-3H3,(H,27,31). The van der Waals surface area contributed by atoms with Gasteiger partial charge in [-0.2, -0.15) is 0 Å². The largest absolute Gasteiger partial charge is 0.453 e. The van der Waals surface area contributed by atoms with Crippen molar-refractivity contribution in [2.45, 2.75) is 31.5 Å². The minimum absolute atomic E-state index is 0.114. The molecule has 9 heteroatoms. The smallest absolute Gasteiger partial charge is 0.234 e. The van der Waals surface area contributed by atoms with Crippen molar-refractivity contribution in [3.63, 3.8) is 0 Å². The van der Waals surface area contributed by atoms with Gasteiger partial charge in [0.1, 0.15) is 5.58 Å². The predicted octanol–water partition coefficient (Wildman–Crippen LogP) is 7.15. The van der Waals surface area contributed by atoms with Crippen molar-refractivity contribution < 1.29 is 9.21 Å². The normalized spacial score (nSPS) is 11.3. The first-order valence-electron chi connectivity index (χ1n) is 10.3. The molecule has 1 N–H and O–H groups in total. The van der Waals surface area contributed by atoms with Crippen LogP contribution in [0.1, 0.15) is 25.3 Å². The number of allylic oxidation sites excluding steroid dienone is 1. The van der Waals surface area contributed by atoms with Crippen molar-refractivity contribution in [3.05, 3.63) is 70.2 Å². The Morgan fingerprint density at radius 3 is 2.85 bits per heavy atom. The highest BCUT2D eigenvalue weighted by atomic mass is 79.9. The zero-order valence-electron chi connectivity index (χ0n) is 18.1. The van der Waals surface area contributed by atoms with E-state index >= 15 is 0 Å². The highest BCUT2D eigenvalue weighted by molar-refractivity contribution is 9.10. The maximum Gasteiger partial charge on any atom is 0.234 e. The summed E-state index contributed by atoms with van der Waals surface area (Å²) < 4.78 is 8.81. The van der Waals surface area contributed by atoms with Gasteiger partial charge in [-0.15, -0.1) is 16.8 Å². The van der Waals surface area contributed by atoms with E-state index in [1.807, 2.05) is 41.0 Å². The van der Waals surface area contributed by atoms with E-state index < -0.39 is 0 Å². The number of furan rings is 1. The molecule has 4 aromatic rings. The third kappa shape index (κ3) is 5.34. The second-order valence-electron chi connectivity index (χ2n) is 7.72. The molecular formula is C24H22BrClN4O2S. The van der Waals surface area contributed by atoms with Crippen LogP contribution < -0.4 is 5.32 Å². The Bertz CT molecular complexity index is 1330. The van der Waals surface area contributed by atoms with Gasteiger partial charge in [-0.05, 0) is 53.9 Å². The lowest BCUT2D eigenvalue weighted by atomic mass is 10.0. The number of thioether (sulfide) groups is 1. The van der Waals surface area contributed by atoms with Crippen molar-refractivity contribution in [2.75, 3.05) is 11.1 Å². The minimum Gasteiger partial charge on any atom is -0.453 e. The number of fused-ring (bicyclic) bond motifs is 1. The number of halogens is 2. The Kier molecular flexibility index (Phi) is 7.26. The van der Waals surface area contributed by atoms with Gasteiger partial charge in [-0.1, -0.05) is 59.2 Å². The molecule has 0 aliphatic carbocycles. The van der Waals surface area contributed by atoms with Crippen molar-refractivity contribution in [2.24, 2.45) is 0 Å². The number of rotatable bonds is 8. The third-order valence-electron chi connectivity index (χ3n) is 4.97. The molecular weight excluding hydrogens is 524 g/mol. The quantitative estimate of drug-likeness (QED) is 0.188. The van der Waals surface area contributed by atoms with Crippen LogP contribution in [0.25, 0.3) is 22.6 Å². The Morgan fingerprint density at radius 1 is 1.27 bits per heavy atom. The van der Waals surface area contributed by atoms with E-state index in [9.17, 15) is 4.79 Å². The Morgan fingerprint density at radius 2 is 2.09 bits per heavy atom. The number of benzene rings is 2. The number of nitrogens with one attached hydrogen (secondary N) is 1. The Balaban J connectivity index is 1.52. The van der Waals surface area contributed by atoms with E-state index in [0.29, 0.717) is 33.9 Å². The first kappa shape index (κ1) is 23.6. The molecule has 0 aliphatic heterocycles. The topological polar surface area (TPSA) is 73.0 Å². The van der Waals surface area contributed by atoms with Gasteiger partial charge in [-0.3, -0.25) is 9.36 Å². The first-order valence-corrected chi connectivity index (χ1v) is 12.5. The molecule has 2 aromatic carbocycles. The lowest BCUT2D eigenvalue weighted by Gasteiger charge is -2.14. The van der Waals surface area contributed by atoms with Crippen molar-refractivity contribution in [3.8, 4) is 11.6 Å². The summed E-state index contributed by atoms with van der Waals surface area (Å²) in [5, 5.41) is 13.7. The minimum atomic E-state index is -0.114. The summed E-state index contributed by atoms with van der Waals surface area (Å²) in [4.78, 5) is 12.7. The number of nitrogens with zero attached hydrogens (tertiary/aromatic N) is 3. The molecule has 0 radical (unpaired) electrons. The molecule has 0 saturated carbocycles. The highest BCUT2D eigenvalue weighted by Gasteiger charge is 2.19. The third-order valence-corrected chi connectivity index (χ3v) is 6.66. The lowest BCUT2D eigenvalue weighted by Crippen LogP contribution is -2.16. The molecule has 2 aromatic heterocycles. The van der Waals surface area contributed by atoms with Gasteiger partial charge in [0.25, 0.3) is 0 Å². The van der Waals surface area contributed by atoms with Gasteiger partial charge < -0.3 is 9.73 Å². The van der Waals surface area contributed by atoms with Crippen molar-refractivity contribution >= 4 is 61.9 Å². The molecule has 0 unspecified atom stereocenters. The maximum atomic E-state index is 12.7. The molecule has 0 aliphatic rings. The van der Waals surface area contributed by atoms with Gasteiger partial charge in [0.05, 0.1) is 5.75 Å². The van der Waals surface area contributed by atoms with Crippen LogP contribution in [0.3, 0.4) is 0 Å². The number of carbonyl (C=O) groups excluding carboxylic acids is 1. The van der Waals surface area contributed by atoms with Crippen LogP contribution in [-0.2, 0) is 11.3 Å². The van der Waals surface area contributed by atoms with Crippen LogP contribution >= 0.6 is 39.3 Å². The van der Waals surface area contributed by atoms with E-state index in [-0.39, 0.29) is 17.6 Å². The fourth-order valence-electron chi connectivity index (χ4n) is 3.44. The van der Waals surface area contributed by atoms with Crippen LogP contribution in [0.2, 0.25) is 5.02 Å². The zero-order valence-corrected chi connectivity index (χ0v) is 21.3. The number of aromatic nitrogens is 3. The summed E-state index contributed by atoms with van der Waals surface area (Å²) in [5.74, 6) is 1.51. The van der Waals surface area contributed by atoms with Crippen LogP contribution in [0.5, 0.6) is 0 Å². The molecule has 2 heterocycles. The van der Waals surface area contributed by atoms with E-state index in [2.05, 4.69) is 51.9 Å². The summed E-state index contributed by atoms with van der Waals surface area (Å²) in [5.41, 5.74) is 2.60. The average molecular weight is 546 g/mol. The van der Waals surface area contributed by atoms with Gasteiger partial charge in [0, 0.05) is 27.1 Å². The predicted molar refractivity (Wildman–Crippen MR) is 138 cm³/mol. The average Bonchev–Trinajstić information content (AvgIpc) is 3.37.